The van der Waals surface area contributed by atoms with Gasteiger partial charge in [-0.1, -0.05) is 17.7 Å². The number of sulfone groups is 2. The molecule has 0 N–H and O–H groups in total. The van der Waals surface area contributed by atoms with E-state index in [1.807, 2.05) is 11.8 Å². The topological polar surface area (TPSA) is 90.0 Å². The van der Waals surface area contributed by atoms with Crippen molar-refractivity contribution in [1.29, 1.82) is 0 Å². The smallest absolute Gasteiger partial charge is 0.183 e. The van der Waals surface area contributed by atoms with E-state index in [1.165, 1.54) is 0 Å². The summed E-state index contributed by atoms with van der Waals surface area (Å²) in [6.07, 6.45) is 1.25. The second-order valence-corrected chi connectivity index (χ2v) is 12.0. The molecule has 1 aromatic carbocycles. The minimum Gasteiger partial charge on any atom is -0.347 e. The van der Waals surface area contributed by atoms with Crippen LogP contribution >= 0.6 is 0 Å². The normalized spacial score (nSPS) is 30.7. The van der Waals surface area contributed by atoms with Gasteiger partial charge in [-0.25, -0.2) is 16.8 Å². The average molecular weight is 416 g/mol. The standard InChI is InChI=1S/C18H25NO6S2/c1-14-2-4-15(5-3-14)27(22,23)17-13-26(20,21)12-16(17)19-8-6-18(7-9-19)24-10-11-25-18/h2-5,16-17H,6-13H2,1H3. The highest BCUT2D eigenvalue weighted by Crippen LogP contribution is 2.35. The molecule has 1 aromatic rings. The molecule has 2 atom stereocenters. The van der Waals surface area contributed by atoms with Gasteiger partial charge in [0.1, 0.15) is 0 Å². The van der Waals surface area contributed by atoms with Gasteiger partial charge in [-0.3, -0.25) is 4.90 Å². The summed E-state index contributed by atoms with van der Waals surface area (Å²) in [6, 6.07) is 6.09. The molecule has 3 aliphatic rings. The van der Waals surface area contributed by atoms with Gasteiger partial charge in [0.2, 0.25) is 0 Å². The SMILES string of the molecule is Cc1ccc(S(=O)(=O)C2CS(=O)(=O)CC2N2CCC3(CC2)OCCO3)cc1. The van der Waals surface area contributed by atoms with Crippen LogP contribution in [0.5, 0.6) is 0 Å². The molecule has 4 rings (SSSR count). The van der Waals surface area contributed by atoms with E-state index in [9.17, 15) is 16.8 Å². The number of hydrogen-bond donors (Lipinski definition) is 0. The predicted octanol–water partition coefficient (Wildman–Crippen LogP) is 0.773. The lowest BCUT2D eigenvalue weighted by molar-refractivity contribution is -0.187. The fraction of sp³-hybridized carbons (Fsp3) is 0.667. The molecule has 0 radical (unpaired) electrons. The monoisotopic (exact) mass is 415 g/mol. The third-order valence-corrected chi connectivity index (χ3v) is 10.00. The highest BCUT2D eigenvalue weighted by molar-refractivity contribution is 7.96. The quantitative estimate of drug-likeness (QED) is 0.720. The zero-order valence-electron chi connectivity index (χ0n) is 15.3. The van der Waals surface area contributed by atoms with Gasteiger partial charge >= 0.3 is 0 Å². The minimum absolute atomic E-state index is 0.114. The summed E-state index contributed by atoms with van der Waals surface area (Å²) in [5, 5.41) is -0.940. The van der Waals surface area contributed by atoms with Crippen molar-refractivity contribution in [3.63, 3.8) is 0 Å². The van der Waals surface area contributed by atoms with Crippen molar-refractivity contribution in [2.75, 3.05) is 37.8 Å². The molecular formula is C18H25NO6S2. The van der Waals surface area contributed by atoms with Gasteiger partial charge in [-0.15, -0.1) is 0 Å². The van der Waals surface area contributed by atoms with Crippen molar-refractivity contribution in [2.45, 2.75) is 41.7 Å². The van der Waals surface area contributed by atoms with E-state index in [1.54, 1.807) is 24.3 Å². The second kappa shape index (κ2) is 6.81. The van der Waals surface area contributed by atoms with Crippen LogP contribution in [0.25, 0.3) is 0 Å². The summed E-state index contributed by atoms with van der Waals surface area (Å²) in [7, 11) is -7.14. The van der Waals surface area contributed by atoms with Crippen LogP contribution in [-0.2, 0) is 29.1 Å². The molecule has 2 unspecified atom stereocenters. The van der Waals surface area contributed by atoms with Gasteiger partial charge in [0, 0.05) is 32.0 Å². The summed E-state index contributed by atoms with van der Waals surface area (Å²) >= 11 is 0. The van der Waals surface area contributed by atoms with E-state index in [0.717, 1.165) is 5.56 Å². The van der Waals surface area contributed by atoms with Crippen LogP contribution in [0.1, 0.15) is 18.4 Å². The first-order valence-electron chi connectivity index (χ1n) is 9.24. The van der Waals surface area contributed by atoms with E-state index in [2.05, 4.69) is 0 Å². The van der Waals surface area contributed by atoms with E-state index in [4.69, 9.17) is 9.47 Å². The predicted molar refractivity (Wildman–Crippen MR) is 100 cm³/mol. The largest absolute Gasteiger partial charge is 0.347 e. The van der Waals surface area contributed by atoms with E-state index < -0.39 is 36.8 Å². The molecule has 1 spiro atoms. The van der Waals surface area contributed by atoms with Crippen LogP contribution in [0.15, 0.2) is 29.2 Å². The molecule has 0 bridgehead atoms. The third kappa shape index (κ3) is 3.67. The number of nitrogens with zero attached hydrogens (tertiary/aromatic N) is 1. The molecule has 9 heteroatoms. The van der Waals surface area contributed by atoms with Crippen LogP contribution in [0.4, 0.5) is 0 Å². The molecular weight excluding hydrogens is 390 g/mol. The number of aryl methyl sites for hydroxylation is 1. The zero-order valence-corrected chi connectivity index (χ0v) is 17.0. The summed E-state index contributed by atoms with van der Waals surface area (Å²) in [5.41, 5.74) is 0.961. The van der Waals surface area contributed by atoms with Crippen molar-refractivity contribution in [3.05, 3.63) is 29.8 Å². The van der Waals surface area contributed by atoms with Crippen molar-refractivity contribution in [3.8, 4) is 0 Å². The summed E-state index contributed by atoms with van der Waals surface area (Å²) in [4.78, 5) is 2.19. The third-order valence-electron chi connectivity index (χ3n) is 5.86. The highest BCUT2D eigenvalue weighted by atomic mass is 32.2. The Morgan fingerprint density at radius 1 is 1.04 bits per heavy atom. The van der Waals surface area contributed by atoms with Gasteiger partial charge in [0.15, 0.2) is 25.5 Å². The lowest BCUT2D eigenvalue weighted by Crippen LogP contribution is -2.53. The molecule has 3 aliphatic heterocycles. The lowest BCUT2D eigenvalue weighted by atomic mass is 10.0. The molecule has 150 valence electrons. The Balaban J connectivity index is 1.58. The van der Waals surface area contributed by atoms with Crippen LogP contribution in [0.2, 0.25) is 0 Å². The van der Waals surface area contributed by atoms with Crippen LogP contribution in [0, 0.1) is 6.92 Å². The van der Waals surface area contributed by atoms with Gasteiger partial charge in [-0.05, 0) is 19.1 Å². The Bertz CT molecular complexity index is 894. The number of piperidine rings is 1. The van der Waals surface area contributed by atoms with E-state index >= 15 is 0 Å². The van der Waals surface area contributed by atoms with E-state index in [-0.39, 0.29) is 16.4 Å². The number of rotatable bonds is 3. The minimum atomic E-state index is -3.74. The molecule has 3 heterocycles. The van der Waals surface area contributed by atoms with Crippen molar-refractivity contribution >= 4 is 19.7 Å². The first-order chi connectivity index (χ1) is 12.7. The number of hydrogen-bond acceptors (Lipinski definition) is 7. The molecule has 0 saturated carbocycles. The van der Waals surface area contributed by atoms with Crippen LogP contribution < -0.4 is 0 Å². The summed E-state index contributed by atoms with van der Waals surface area (Å²) in [6.45, 7) is 4.17. The first kappa shape index (κ1) is 19.3. The molecule has 7 nitrogen and oxygen atoms in total. The Labute approximate surface area is 160 Å². The Kier molecular flexibility index (Phi) is 4.87. The summed E-state index contributed by atoms with van der Waals surface area (Å²) < 4.78 is 62.5. The zero-order chi connectivity index (χ0) is 19.3. The molecule has 3 saturated heterocycles. The fourth-order valence-corrected chi connectivity index (χ4v) is 9.15. The average Bonchev–Trinajstić information content (AvgIpc) is 3.20. The van der Waals surface area contributed by atoms with Gasteiger partial charge in [0.05, 0.1) is 34.9 Å². The van der Waals surface area contributed by atoms with Gasteiger partial charge in [0.25, 0.3) is 0 Å². The highest BCUT2D eigenvalue weighted by Gasteiger charge is 2.50. The molecule has 0 aliphatic carbocycles. The molecule has 27 heavy (non-hydrogen) atoms. The van der Waals surface area contributed by atoms with Crippen LogP contribution in [-0.4, -0.2) is 76.6 Å². The number of benzene rings is 1. The number of likely N-dealkylation sites (tertiary alicyclic amines) is 1. The Hall–Kier alpha value is -1.00. The van der Waals surface area contributed by atoms with Crippen molar-refractivity contribution < 1.29 is 26.3 Å². The Morgan fingerprint density at radius 3 is 2.22 bits per heavy atom. The maximum Gasteiger partial charge on any atom is 0.183 e. The first-order valence-corrected chi connectivity index (χ1v) is 12.6. The second-order valence-electron chi connectivity index (χ2n) is 7.68. The molecule has 0 amide bonds. The van der Waals surface area contributed by atoms with Crippen LogP contribution in [0.3, 0.4) is 0 Å². The molecule has 3 fully saturated rings. The van der Waals surface area contributed by atoms with Crippen molar-refractivity contribution in [2.24, 2.45) is 0 Å². The maximum absolute atomic E-state index is 13.2. The Morgan fingerprint density at radius 2 is 1.63 bits per heavy atom. The maximum atomic E-state index is 13.2. The van der Waals surface area contributed by atoms with Gasteiger partial charge in [-0.2, -0.15) is 0 Å². The van der Waals surface area contributed by atoms with Gasteiger partial charge < -0.3 is 9.47 Å². The number of ether oxygens (including phenoxy) is 2. The summed E-state index contributed by atoms with van der Waals surface area (Å²) in [5.74, 6) is -1.00. The fourth-order valence-electron chi connectivity index (χ4n) is 4.32. The molecule has 0 aromatic heterocycles. The van der Waals surface area contributed by atoms with Crippen molar-refractivity contribution in [1.82, 2.24) is 4.90 Å². The lowest BCUT2D eigenvalue weighted by Gasteiger charge is -2.41. The van der Waals surface area contributed by atoms with E-state index in [0.29, 0.717) is 39.1 Å².